The predicted molar refractivity (Wildman–Crippen MR) is 112 cm³/mol. The van der Waals surface area contributed by atoms with E-state index in [0.717, 1.165) is 5.56 Å². The van der Waals surface area contributed by atoms with Crippen molar-refractivity contribution in [2.75, 3.05) is 33.4 Å². The van der Waals surface area contributed by atoms with Crippen molar-refractivity contribution in [2.24, 2.45) is 0 Å². The van der Waals surface area contributed by atoms with Crippen LogP contribution in [0.5, 0.6) is 5.75 Å². The average Bonchev–Trinajstić information content (AvgIpc) is 3.18. The minimum absolute atomic E-state index is 0.0227. The van der Waals surface area contributed by atoms with E-state index >= 15 is 0 Å². The van der Waals surface area contributed by atoms with Gasteiger partial charge < -0.3 is 14.4 Å². The summed E-state index contributed by atoms with van der Waals surface area (Å²) in [7, 11) is -2.18. The first-order chi connectivity index (χ1) is 14.4. The number of carbonyl (C=O) groups is 1. The largest absolute Gasteiger partial charge is 0.497 e. The van der Waals surface area contributed by atoms with E-state index in [0.29, 0.717) is 50.4 Å². The highest BCUT2D eigenvalue weighted by molar-refractivity contribution is 7.89. The van der Waals surface area contributed by atoms with Gasteiger partial charge >= 0.3 is 0 Å². The maximum Gasteiger partial charge on any atom is 0.254 e. The van der Waals surface area contributed by atoms with Gasteiger partial charge in [0.2, 0.25) is 10.0 Å². The normalized spacial score (nSPS) is 19.2. The lowest BCUT2D eigenvalue weighted by Gasteiger charge is -2.42. The lowest BCUT2D eigenvalue weighted by molar-refractivity contribution is -0.0857. The standard InChI is InChI=1S/C22H26N2O5S/c1-17-5-3-4-6-20(17)21(25)23-13-11-22(12-14-23)24(15-16-29-22)30(26,27)19-9-7-18(28-2)8-10-19/h3-10H,11-16H2,1-2H3. The van der Waals surface area contributed by atoms with Crippen molar-refractivity contribution >= 4 is 15.9 Å². The first-order valence-electron chi connectivity index (χ1n) is 10.0. The highest BCUT2D eigenvalue weighted by Crippen LogP contribution is 2.38. The van der Waals surface area contributed by atoms with Gasteiger partial charge in [-0.1, -0.05) is 18.2 Å². The van der Waals surface area contributed by atoms with E-state index in [1.54, 1.807) is 36.3 Å². The van der Waals surface area contributed by atoms with E-state index in [4.69, 9.17) is 9.47 Å². The number of amides is 1. The molecule has 2 fully saturated rings. The highest BCUT2D eigenvalue weighted by atomic mass is 32.2. The molecule has 0 N–H and O–H groups in total. The Kier molecular flexibility index (Phi) is 5.57. The molecule has 0 aromatic heterocycles. The molecule has 2 aliphatic heterocycles. The second-order valence-electron chi connectivity index (χ2n) is 7.65. The van der Waals surface area contributed by atoms with Crippen LogP contribution >= 0.6 is 0 Å². The van der Waals surface area contributed by atoms with E-state index in [1.807, 2.05) is 31.2 Å². The van der Waals surface area contributed by atoms with Gasteiger partial charge in [0.25, 0.3) is 5.91 Å². The number of methoxy groups -OCH3 is 1. The Morgan fingerprint density at radius 2 is 1.70 bits per heavy atom. The Balaban J connectivity index is 1.52. The summed E-state index contributed by atoms with van der Waals surface area (Å²) in [6.07, 6.45) is 0.889. The second kappa shape index (κ2) is 8.02. The number of carbonyl (C=O) groups excluding carboxylic acids is 1. The predicted octanol–water partition coefficient (Wildman–Crippen LogP) is 2.66. The van der Waals surface area contributed by atoms with Gasteiger partial charge in [-0.3, -0.25) is 4.79 Å². The van der Waals surface area contributed by atoms with Crippen LogP contribution < -0.4 is 4.74 Å². The van der Waals surface area contributed by atoms with E-state index < -0.39 is 15.7 Å². The van der Waals surface area contributed by atoms with Gasteiger partial charge in [-0.2, -0.15) is 4.31 Å². The Morgan fingerprint density at radius 3 is 2.33 bits per heavy atom. The zero-order valence-corrected chi connectivity index (χ0v) is 18.0. The van der Waals surface area contributed by atoms with Crippen molar-refractivity contribution < 1.29 is 22.7 Å². The molecule has 2 aromatic carbocycles. The third-order valence-electron chi connectivity index (χ3n) is 5.97. The monoisotopic (exact) mass is 430 g/mol. The highest BCUT2D eigenvalue weighted by Gasteiger charge is 2.51. The zero-order valence-electron chi connectivity index (χ0n) is 17.2. The van der Waals surface area contributed by atoms with E-state index in [1.165, 1.54) is 4.31 Å². The fourth-order valence-electron chi connectivity index (χ4n) is 4.24. The molecule has 4 rings (SSSR count). The van der Waals surface area contributed by atoms with Gasteiger partial charge in [0.1, 0.15) is 11.5 Å². The summed E-state index contributed by atoms with van der Waals surface area (Å²) in [6, 6.07) is 13.9. The Labute approximate surface area is 177 Å². The third kappa shape index (κ3) is 3.59. The molecule has 1 amide bonds. The summed E-state index contributed by atoms with van der Waals surface area (Å²) in [5.41, 5.74) is 0.716. The van der Waals surface area contributed by atoms with Crippen LogP contribution in [0.1, 0.15) is 28.8 Å². The molecule has 2 saturated heterocycles. The van der Waals surface area contributed by atoms with Crippen LogP contribution in [-0.2, 0) is 14.8 Å². The van der Waals surface area contributed by atoms with Crippen LogP contribution in [0.15, 0.2) is 53.4 Å². The summed E-state index contributed by atoms with van der Waals surface area (Å²) in [5.74, 6) is 0.579. The van der Waals surface area contributed by atoms with Gasteiger partial charge in [0.15, 0.2) is 0 Å². The minimum atomic E-state index is -3.72. The van der Waals surface area contributed by atoms with Crippen LogP contribution in [0.3, 0.4) is 0 Å². The van der Waals surface area contributed by atoms with Gasteiger partial charge in [-0.05, 0) is 42.8 Å². The molecule has 8 heteroatoms. The molecular weight excluding hydrogens is 404 g/mol. The molecule has 0 saturated carbocycles. The molecule has 7 nitrogen and oxygen atoms in total. The van der Waals surface area contributed by atoms with Crippen LogP contribution in [0, 0.1) is 6.92 Å². The van der Waals surface area contributed by atoms with Crippen molar-refractivity contribution in [3.63, 3.8) is 0 Å². The smallest absolute Gasteiger partial charge is 0.254 e. The maximum atomic E-state index is 13.3. The first kappa shape index (κ1) is 20.8. The Morgan fingerprint density at radius 1 is 1.03 bits per heavy atom. The van der Waals surface area contributed by atoms with Crippen LogP contribution in [0.2, 0.25) is 0 Å². The molecule has 2 aromatic rings. The molecule has 0 aliphatic carbocycles. The number of piperidine rings is 1. The van der Waals surface area contributed by atoms with Crippen molar-refractivity contribution in [1.82, 2.24) is 9.21 Å². The van der Waals surface area contributed by atoms with Gasteiger partial charge in [0.05, 0.1) is 18.6 Å². The minimum Gasteiger partial charge on any atom is -0.497 e. The fraction of sp³-hybridized carbons (Fsp3) is 0.409. The summed E-state index contributed by atoms with van der Waals surface area (Å²) in [5, 5.41) is 0. The Bertz CT molecular complexity index is 1030. The molecule has 0 atom stereocenters. The molecule has 0 bridgehead atoms. The van der Waals surface area contributed by atoms with E-state index in [2.05, 4.69) is 0 Å². The first-order valence-corrected chi connectivity index (χ1v) is 11.5. The van der Waals surface area contributed by atoms with Crippen LogP contribution in [0.4, 0.5) is 0 Å². The lowest BCUT2D eigenvalue weighted by Crippen LogP contribution is -2.55. The number of hydrogen-bond acceptors (Lipinski definition) is 5. The second-order valence-corrected chi connectivity index (χ2v) is 9.52. The topological polar surface area (TPSA) is 76.2 Å². The summed E-state index contributed by atoms with van der Waals surface area (Å²) >= 11 is 0. The van der Waals surface area contributed by atoms with Crippen molar-refractivity contribution in [3.8, 4) is 5.75 Å². The summed E-state index contributed by atoms with van der Waals surface area (Å²) in [4.78, 5) is 14.9. The number of sulfonamides is 1. The van der Waals surface area contributed by atoms with E-state index in [-0.39, 0.29) is 10.8 Å². The van der Waals surface area contributed by atoms with Crippen LogP contribution in [0.25, 0.3) is 0 Å². The zero-order chi connectivity index (χ0) is 21.4. The number of likely N-dealkylation sites (tertiary alicyclic amines) is 1. The number of rotatable bonds is 4. The summed E-state index contributed by atoms with van der Waals surface area (Å²) in [6.45, 7) is 3.47. The molecular formula is C22H26N2O5S. The van der Waals surface area contributed by atoms with Crippen molar-refractivity contribution in [2.45, 2.75) is 30.4 Å². The van der Waals surface area contributed by atoms with E-state index in [9.17, 15) is 13.2 Å². The van der Waals surface area contributed by atoms with Crippen LogP contribution in [-0.4, -0.2) is 62.6 Å². The SMILES string of the molecule is COc1ccc(S(=O)(=O)N2CCOC23CCN(C(=O)c2ccccc2C)CC3)cc1. The van der Waals surface area contributed by atoms with Crippen molar-refractivity contribution in [3.05, 3.63) is 59.7 Å². The third-order valence-corrected chi connectivity index (χ3v) is 7.94. The van der Waals surface area contributed by atoms with Crippen molar-refractivity contribution in [1.29, 1.82) is 0 Å². The van der Waals surface area contributed by atoms with Gasteiger partial charge in [-0.25, -0.2) is 8.42 Å². The quantitative estimate of drug-likeness (QED) is 0.745. The molecule has 2 heterocycles. The molecule has 0 radical (unpaired) electrons. The molecule has 2 aliphatic rings. The molecule has 0 unspecified atom stereocenters. The number of benzene rings is 2. The summed E-state index contributed by atoms with van der Waals surface area (Å²) < 4.78 is 39.2. The fourth-order valence-corrected chi connectivity index (χ4v) is 5.97. The average molecular weight is 431 g/mol. The molecule has 30 heavy (non-hydrogen) atoms. The lowest BCUT2D eigenvalue weighted by atomic mass is 9.99. The molecule has 160 valence electrons. The number of ether oxygens (including phenoxy) is 2. The van der Waals surface area contributed by atoms with Gasteiger partial charge in [-0.15, -0.1) is 0 Å². The number of aryl methyl sites for hydroxylation is 1. The number of hydrogen-bond donors (Lipinski definition) is 0. The molecule has 1 spiro atoms. The van der Waals surface area contributed by atoms with Gasteiger partial charge in [0, 0.05) is 38.0 Å². The maximum absolute atomic E-state index is 13.3. The number of nitrogens with zero attached hydrogens (tertiary/aromatic N) is 2. The Hall–Kier alpha value is -2.42.